The molecule has 1 amide bonds. The van der Waals surface area contributed by atoms with Gasteiger partial charge in [0.1, 0.15) is 0 Å². The molecule has 0 aliphatic rings. The number of nitrogens with one attached hydrogen (secondary N) is 1. The second-order valence-corrected chi connectivity index (χ2v) is 5.99. The highest BCUT2D eigenvalue weighted by Crippen LogP contribution is 2.26. The average molecular weight is 339 g/mol. The molecule has 1 N–H and O–H groups in total. The van der Waals surface area contributed by atoms with Crippen LogP contribution in [0.5, 0.6) is 0 Å². The number of hydrogen-bond acceptors (Lipinski definition) is 5. The van der Waals surface area contributed by atoms with E-state index in [9.17, 15) is 14.9 Å². The highest BCUT2D eigenvalue weighted by molar-refractivity contribution is 8.00. The molecule has 24 heavy (non-hydrogen) atoms. The molecule has 3 rings (SSSR count). The number of rotatable bonds is 5. The molecule has 0 atom stereocenters. The van der Waals surface area contributed by atoms with Gasteiger partial charge in [0.2, 0.25) is 5.91 Å². The number of fused-ring (bicyclic) bond motifs is 1. The number of nitro benzene ring substituents is 1. The Labute approximate surface area is 142 Å². The number of nitro groups is 1. The Balaban J connectivity index is 1.64. The summed E-state index contributed by atoms with van der Waals surface area (Å²) >= 11 is 1.40. The van der Waals surface area contributed by atoms with E-state index in [4.69, 9.17) is 0 Å². The number of hydrogen-bond donors (Lipinski definition) is 1. The molecule has 120 valence electrons. The third kappa shape index (κ3) is 3.69. The Morgan fingerprint density at radius 2 is 1.88 bits per heavy atom. The predicted octanol–water partition coefficient (Wildman–Crippen LogP) is 3.87. The Bertz CT molecular complexity index is 892. The standard InChI is InChI=1S/C17H13N3O3S/c21-16(19-13-6-8-14(9-7-13)20(22)23)11-24-15-5-1-3-12-4-2-10-18-17(12)15/h1-10H,11H2,(H,19,21). The van der Waals surface area contributed by atoms with Crippen LogP contribution in [0, 0.1) is 10.1 Å². The lowest BCUT2D eigenvalue weighted by atomic mass is 10.2. The Morgan fingerprint density at radius 3 is 2.62 bits per heavy atom. The van der Waals surface area contributed by atoms with Crippen molar-refractivity contribution in [1.29, 1.82) is 0 Å². The summed E-state index contributed by atoms with van der Waals surface area (Å²) < 4.78 is 0. The average Bonchev–Trinajstić information content (AvgIpc) is 2.60. The summed E-state index contributed by atoms with van der Waals surface area (Å²) in [7, 11) is 0. The number of anilines is 1. The number of carbonyl (C=O) groups is 1. The Morgan fingerprint density at radius 1 is 1.12 bits per heavy atom. The van der Waals surface area contributed by atoms with Gasteiger partial charge in [-0.1, -0.05) is 18.2 Å². The summed E-state index contributed by atoms with van der Waals surface area (Å²) in [6.07, 6.45) is 1.73. The summed E-state index contributed by atoms with van der Waals surface area (Å²) in [6.45, 7) is 0. The topological polar surface area (TPSA) is 85.1 Å². The molecule has 0 fully saturated rings. The van der Waals surface area contributed by atoms with Crippen LogP contribution in [-0.2, 0) is 4.79 Å². The van der Waals surface area contributed by atoms with Crippen molar-refractivity contribution in [2.24, 2.45) is 0 Å². The van der Waals surface area contributed by atoms with Gasteiger partial charge in [-0.3, -0.25) is 19.9 Å². The van der Waals surface area contributed by atoms with Crippen molar-refractivity contribution in [2.45, 2.75) is 4.90 Å². The van der Waals surface area contributed by atoms with Gasteiger partial charge in [-0.05, 0) is 24.3 Å². The molecular formula is C17H13N3O3S. The fourth-order valence-corrected chi connectivity index (χ4v) is 3.04. The molecule has 0 radical (unpaired) electrons. The zero-order chi connectivity index (χ0) is 16.9. The second-order valence-electron chi connectivity index (χ2n) is 4.97. The Hall–Kier alpha value is -2.93. The third-order valence-electron chi connectivity index (χ3n) is 3.32. The van der Waals surface area contributed by atoms with Crippen molar-refractivity contribution in [3.8, 4) is 0 Å². The minimum absolute atomic E-state index is 0.01000. The molecule has 7 heteroatoms. The molecule has 0 aliphatic heterocycles. The number of carbonyl (C=O) groups excluding carboxylic acids is 1. The second kappa shape index (κ2) is 7.10. The van der Waals surface area contributed by atoms with Crippen LogP contribution >= 0.6 is 11.8 Å². The van der Waals surface area contributed by atoms with Crippen LogP contribution in [0.3, 0.4) is 0 Å². The smallest absolute Gasteiger partial charge is 0.269 e. The van der Waals surface area contributed by atoms with Gasteiger partial charge in [-0.15, -0.1) is 11.8 Å². The number of amides is 1. The van der Waals surface area contributed by atoms with Crippen molar-refractivity contribution >= 4 is 39.9 Å². The zero-order valence-corrected chi connectivity index (χ0v) is 13.3. The van der Waals surface area contributed by atoms with Crippen LogP contribution in [-0.4, -0.2) is 21.6 Å². The van der Waals surface area contributed by atoms with Gasteiger partial charge in [0.15, 0.2) is 0 Å². The highest BCUT2D eigenvalue weighted by Gasteiger charge is 2.08. The molecule has 1 aromatic heterocycles. The van der Waals surface area contributed by atoms with Gasteiger partial charge >= 0.3 is 0 Å². The van der Waals surface area contributed by atoms with E-state index in [-0.39, 0.29) is 17.3 Å². The van der Waals surface area contributed by atoms with Gasteiger partial charge < -0.3 is 5.32 Å². The summed E-state index contributed by atoms with van der Waals surface area (Å²) in [5.74, 6) is 0.0499. The molecule has 0 unspecified atom stereocenters. The maximum absolute atomic E-state index is 12.1. The molecule has 0 saturated heterocycles. The van der Waals surface area contributed by atoms with E-state index in [1.807, 2.05) is 30.3 Å². The number of nitrogens with zero attached hydrogens (tertiary/aromatic N) is 2. The number of aromatic nitrogens is 1. The molecule has 2 aromatic carbocycles. The Kier molecular flexibility index (Phi) is 4.72. The predicted molar refractivity (Wildman–Crippen MR) is 94.2 cm³/mol. The van der Waals surface area contributed by atoms with Crippen molar-refractivity contribution < 1.29 is 9.72 Å². The van der Waals surface area contributed by atoms with Crippen LogP contribution < -0.4 is 5.32 Å². The lowest BCUT2D eigenvalue weighted by Gasteiger charge is -2.07. The summed E-state index contributed by atoms with van der Waals surface area (Å²) in [4.78, 5) is 27.5. The highest BCUT2D eigenvalue weighted by atomic mass is 32.2. The van der Waals surface area contributed by atoms with Gasteiger partial charge in [-0.2, -0.15) is 0 Å². The van der Waals surface area contributed by atoms with E-state index >= 15 is 0 Å². The molecule has 0 saturated carbocycles. The number of non-ortho nitro benzene ring substituents is 1. The van der Waals surface area contributed by atoms with Crippen LogP contribution in [0.25, 0.3) is 10.9 Å². The third-order valence-corrected chi connectivity index (χ3v) is 4.36. The van der Waals surface area contributed by atoms with Crippen molar-refractivity contribution in [2.75, 3.05) is 11.1 Å². The van der Waals surface area contributed by atoms with Crippen LogP contribution in [0.15, 0.2) is 65.7 Å². The largest absolute Gasteiger partial charge is 0.325 e. The lowest BCUT2D eigenvalue weighted by molar-refractivity contribution is -0.384. The van der Waals surface area contributed by atoms with E-state index in [0.29, 0.717) is 5.69 Å². The lowest BCUT2D eigenvalue weighted by Crippen LogP contribution is -2.13. The normalized spacial score (nSPS) is 10.5. The van der Waals surface area contributed by atoms with E-state index < -0.39 is 4.92 Å². The molecule has 1 heterocycles. The first-order valence-electron chi connectivity index (χ1n) is 7.14. The van der Waals surface area contributed by atoms with Crippen molar-refractivity contribution in [3.05, 3.63) is 70.9 Å². The first-order valence-corrected chi connectivity index (χ1v) is 8.13. The SMILES string of the molecule is O=C(CSc1cccc2cccnc12)Nc1ccc([N+](=O)[O-])cc1. The number of pyridine rings is 1. The van der Waals surface area contributed by atoms with E-state index in [2.05, 4.69) is 10.3 Å². The van der Waals surface area contributed by atoms with E-state index in [1.54, 1.807) is 6.20 Å². The fourth-order valence-electron chi connectivity index (χ4n) is 2.20. The van der Waals surface area contributed by atoms with E-state index in [0.717, 1.165) is 15.8 Å². The summed E-state index contributed by atoms with van der Waals surface area (Å²) in [6, 6.07) is 15.4. The van der Waals surface area contributed by atoms with Gasteiger partial charge in [0.05, 0.1) is 16.2 Å². The van der Waals surface area contributed by atoms with Crippen molar-refractivity contribution in [1.82, 2.24) is 4.98 Å². The maximum atomic E-state index is 12.1. The minimum atomic E-state index is -0.477. The molecule has 0 aliphatic carbocycles. The fraction of sp³-hybridized carbons (Fsp3) is 0.0588. The van der Waals surface area contributed by atoms with Crippen LogP contribution in [0.1, 0.15) is 0 Å². The number of thioether (sulfide) groups is 1. The first-order chi connectivity index (χ1) is 11.6. The first kappa shape index (κ1) is 15.9. The van der Waals surface area contributed by atoms with Gasteiger partial charge in [-0.25, -0.2) is 0 Å². The molecular weight excluding hydrogens is 326 g/mol. The quantitative estimate of drug-likeness (QED) is 0.433. The zero-order valence-electron chi connectivity index (χ0n) is 12.5. The summed E-state index contributed by atoms with van der Waals surface area (Å²) in [5, 5.41) is 14.4. The van der Waals surface area contributed by atoms with Gasteiger partial charge in [0, 0.05) is 34.3 Å². The number of para-hydroxylation sites is 1. The molecule has 3 aromatic rings. The maximum Gasteiger partial charge on any atom is 0.269 e. The van der Waals surface area contributed by atoms with Gasteiger partial charge in [0.25, 0.3) is 5.69 Å². The van der Waals surface area contributed by atoms with E-state index in [1.165, 1.54) is 36.0 Å². The van der Waals surface area contributed by atoms with Crippen LogP contribution in [0.2, 0.25) is 0 Å². The molecule has 0 bridgehead atoms. The summed E-state index contributed by atoms with van der Waals surface area (Å²) in [5.41, 5.74) is 1.39. The molecule has 6 nitrogen and oxygen atoms in total. The van der Waals surface area contributed by atoms with Crippen molar-refractivity contribution in [3.63, 3.8) is 0 Å². The van der Waals surface area contributed by atoms with Crippen LogP contribution in [0.4, 0.5) is 11.4 Å². The molecule has 0 spiro atoms. The minimum Gasteiger partial charge on any atom is -0.325 e. The number of benzene rings is 2. The monoisotopic (exact) mass is 339 g/mol.